The highest BCUT2D eigenvalue weighted by molar-refractivity contribution is 9.10. The lowest BCUT2D eigenvalue weighted by molar-refractivity contribution is -0.138. The number of alkyl halides is 3. The van der Waals surface area contributed by atoms with Crippen molar-refractivity contribution < 1.29 is 13.2 Å². The van der Waals surface area contributed by atoms with E-state index in [4.69, 9.17) is 5.73 Å². The van der Waals surface area contributed by atoms with Crippen molar-refractivity contribution in [3.63, 3.8) is 0 Å². The molecule has 1 unspecified atom stereocenters. The summed E-state index contributed by atoms with van der Waals surface area (Å²) in [4.78, 5) is 2.04. The molecule has 1 saturated heterocycles. The molecule has 2 N–H and O–H groups in total. The SMILES string of the molecule is Cl.NCC1CCN(Cc2ccc(Br)cc2C(F)(F)F)C1. The van der Waals surface area contributed by atoms with Gasteiger partial charge in [-0.05, 0) is 43.1 Å². The fourth-order valence-electron chi connectivity index (χ4n) is 2.44. The molecule has 0 amide bonds. The molecular formula is C13H17BrClF3N2. The van der Waals surface area contributed by atoms with Gasteiger partial charge in [-0.2, -0.15) is 13.2 Å². The predicted octanol–water partition coefficient (Wildman–Crippen LogP) is 3.67. The third-order valence-electron chi connectivity index (χ3n) is 3.47. The number of rotatable bonds is 3. The summed E-state index contributed by atoms with van der Waals surface area (Å²) in [5.41, 5.74) is 5.37. The molecule has 0 spiro atoms. The first kappa shape index (κ1) is 17.8. The Labute approximate surface area is 131 Å². The van der Waals surface area contributed by atoms with Gasteiger partial charge >= 0.3 is 6.18 Å². The van der Waals surface area contributed by atoms with Gasteiger partial charge in [0.15, 0.2) is 0 Å². The molecule has 0 aliphatic carbocycles. The third-order valence-corrected chi connectivity index (χ3v) is 3.97. The summed E-state index contributed by atoms with van der Waals surface area (Å²) in [6.45, 7) is 2.53. The topological polar surface area (TPSA) is 29.3 Å². The minimum absolute atomic E-state index is 0. The largest absolute Gasteiger partial charge is 0.416 e. The molecule has 114 valence electrons. The van der Waals surface area contributed by atoms with Crippen LogP contribution in [0, 0.1) is 5.92 Å². The standard InChI is InChI=1S/C13H16BrF3N2.ClH/c14-11-2-1-10(12(5-11)13(15,16)17)8-19-4-3-9(6-18)7-19;/h1-2,5,9H,3-4,6-8,18H2;1H. The van der Waals surface area contributed by atoms with Gasteiger partial charge in [-0.1, -0.05) is 22.0 Å². The van der Waals surface area contributed by atoms with Crippen molar-refractivity contribution in [3.8, 4) is 0 Å². The summed E-state index contributed by atoms with van der Waals surface area (Å²) in [5.74, 6) is 0.407. The Morgan fingerprint density at radius 1 is 1.35 bits per heavy atom. The van der Waals surface area contributed by atoms with E-state index in [0.717, 1.165) is 25.6 Å². The van der Waals surface area contributed by atoms with E-state index in [1.165, 1.54) is 0 Å². The van der Waals surface area contributed by atoms with Crippen LogP contribution in [0.25, 0.3) is 0 Å². The van der Waals surface area contributed by atoms with E-state index < -0.39 is 11.7 Å². The molecule has 0 bridgehead atoms. The highest BCUT2D eigenvalue weighted by Crippen LogP contribution is 2.34. The van der Waals surface area contributed by atoms with Crippen LogP contribution in [0.1, 0.15) is 17.5 Å². The van der Waals surface area contributed by atoms with E-state index in [1.807, 2.05) is 4.90 Å². The molecule has 1 aliphatic heterocycles. The van der Waals surface area contributed by atoms with Gasteiger partial charge in [-0.3, -0.25) is 4.90 Å². The van der Waals surface area contributed by atoms with E-state index in [9.17, 15) is 13.2 Å². The maximum Gasteiger partial charge on any atom is 0.416 e. The van der Waals surface area contributed by atoms with Crippen LogP contribution in [0.2, 0.25) is 0 Å². The summed E-state index contributed by atoms with van der Waals surface area (Å²) in [6.07, 6.45) is -3.35. The summed E-state index contributed by atoms with van der Waals surface area (Å²) < 4.78 is 39.4. The molecule has 1 aromatic rings. The zero-order valence-electron chi connectivity index (χ0n) is 10.8. The Kier molecular flexibility index (Phi) is 6.31. The molecular weight excluding hydrogens is 357 g/mol. The molecule has 2 nitrogen and oxygen atoms in total. The first-order chi connectivity index (χ1) is 8.90. The maximum atomic E-state index is 13.0. The molecule has 1 fully saturated rings. The Balaban J connectivity index is 0.00000200. The summed E-state index contributed by atoms with van der Waals surface area (Å²) in [7, 11) is 0. The zero-order valence-corrected chi connectivity index (χ0v) is 13.2. The smallest absolute Gasteiger partial charge is 0.330 e. The average Bonchev–Trinajstić information content (AvgIpc) is 2.78. The molecule has 0 aromatic heterocycles. The van der Waals surface area contributed by atoms with Gasteiger partial charge in [-0.15, -0.1) is 12.4 Å². The fourth-order valence-corrected chi connectivity index (χ4v) is 2.80. The van der Waals surface area contributed by atoms with Crippen molar-refractivity contribution >= 4 is 28.3 Å². The van der Waals surface area contributed by atoms with Gasteiger partial charge < -0.3 is 5.73 Å². The molecule has 0 radical (unpaired) electrons. The molecule has 0 saturated carbocycles. The summed E-state index contributed by atoms with van der Waals surface area (Å²) in [6, 6.07) is 4.34. The van der Waals surface area contributed by atoms with Gasteiger partial charge in [0.2, 0.25) is 0 Å². The molecule has 20 heavy (non-hydrogen) atoms. The molecule has 1 heterocycles. The van der Waals surface area contributed by atoms with Crippen molar-refractivity contribution in [2.24, 2.45) is 11.7 Å². The van der Waals surface area contributed by atoms with Crippen LogP contribution in [0.3, 0.4) is 0 Å². The Bertz CT molecular complexity index is 454. The van der Waals surface area contributed by atoms with Gasteiger partial charge in [0, 0.05) is 17.6 Å². The lowest BCUT2D eigenvalue weighted by Crippen LogP contribution is -2.24. The van der Waals surface area contributed by atoms with Gasteiger partial charge in [0.05, 0.1) is 5.56 Å². The van der Waals surface area contributed by atoms with Crippen LogP contribution in [-0.2, 0) is 12.7 Å². The van der Waals surface area contributed by atoms with E-state index in [2.05, 4.69) is 15.9 Å². The van der Waals surface area contributed by atoms with E-state index in [-0.39, 0.29) is 12.4 Å². The van der Waals surface area contributed by atoms with Crippen molar-refractivity contribution in [2.45, 2.75) is 19.1 Å². The van der Waals surface area contributed by atoms with Crippen molar-refractivity contribution in [1.29, 1.82) is 0 Å². The minimum Gasteiger partial charge on any atom is -0.330 e. The second-order valence-electron chi connectivity index (χ2n) is 4.92. The third kappa shape index (κ3) is 4.35. The normalized spacial score (nSPS) is 19.9. The van der Waals surface area contributed by atoms with Crippen LogP contribution in [-0.4, -0.2) is 24.5 Å². The number of hydrogen-bond donors (Lipinski definition) is 1. The van der Waals surface area contributed by atoms with E-state index >= 15 is 0 Å². The molecule has 2 rings (SSSR count). The highest BCUT2D eigenvalue weighted by Gasteiger charge is 2.34. The zero-order chi connectivity index (χ0) is 14.0. The molecule has 1 atom stereocenters. The maximum absolute atomic E-state index is 13.0. The quantitative estimate of drug-likeness (QED) is 0.876. The molecule has 1 aromatic carbocycles. The van der Waals surface area contributed by atoms with Gasteiger partial charge in [0.1, 0.15) is 0 Å². The first-order valence-corrected chi connectivity index (χ1v) is 6.97. The van der Waals surface area contributed by atoms with E-state index in [1.54, 1.807) is 12.1 Å². The van der Waals surface area contributed by atoms with Crippen molar-refractivity contribution in [3.05, 3.63) is 33.8 Å². The number of benzene rings is 1. The summed E-state index contributed by atoms with van der Waals surface area (Å²) >= 11 is 3.09. The first-order valence-electron chi connectivity index (χ1n) is 6.18. The number of nitrogens with zero attached hydrogens (tertiary/aromatic N) is 1. The monoisotopic (exact) mass is 372 g/mol. The summed E-state index contributed by atoms with van der Waals surface area (Å²) in [5, 5.41) is 0. The number of halogens is 5. The van der Waals surface area contributed by atoms with E-state index in [0.29, 0.717) is 29.0 Å². The lowest BCUT2D eigenvalue weighted by atomic mass is 10.1. The number of nitrogens with two attached hydrogens (primary N) is 1. The van der Waals surface area contributed by atoms with Crippen LogP contribution in [0.4, 0.5) is 13.2 Å². The highest BCUT2D eigenvalue weighted by atomic mass is 79.9. The van der Waals surface area contributed by atoms with Gasteiger partial charge in [-0.25, -0.2) is 0 Å². The Hall–Kier alpha value is -0.300. The van der Waals surface area contributed by atoms with Crippen LogP contribution in [0.5, 0.6) is 0 Å². The van der Waals surface area contributed by atoms with Crippen molar-refractivity contribution in [2.75, 3.05) is 19.6 Å². The molecule has 1 aliphatic rings. The lowest BCUT2D eigenvalue weighted by Gasteiger charge is -2.19. The van der Waals surface area contributed by atoms with Crippen LogP contribution in [0.15, 0.2) is 22.7 Å². The second kappa shape index (κ2) is 7.11. The number of likely N-dealkylation sites (tertiary alicyclic amines) is 1. The predicted molar refractivity (Wildman–Crippen MR) is 78.8 cm³/mol. The second-order valence-corrected chi connectivity index (χ2v) is 5.84. The average molecular weight is 374 g/mol. The Morgan fingerprint density at radius 2 is 2.05 bits per heavy atom. The minimum atomic E-state index is -4.31. The van der Waals surface area contributed by atoms with Crippen LogP contribution >= 0.6 is 28.3 Å². The number of hydrogen-bond acceptors (Lipinski definition) is 2. The molecule has 7 heteroatoms. The van der Waals surface area contributed by atoms with Gasteiger partial charge in [0.25, 0.3) is 0 Å². The Morgan fingerprint density at radius 3 is 2.60 bits per heavy atom. The van der Waals surface area contributed by atoms with Crippen molar-refractivity contribution in [1.82, 2.24) is 4.90 Å². The van der Waals surface area contributed by atoms with Crippen LogP contribution < -0.4 is 5.73 Å². The fraction of sp³-hybridized carbons (Fsp3) is 0.538.